The first kappa shape index (κ1) is 9.39. The van der Waals surface area contributed by atoms with Crippen LogP contribution in [0.1, 0.15) is 13.3 Å². The van der Waals surface area contributed by atoms with Crippen LogP contribution in [0.15, 0.2) is 0 Å². The fourth-order valence-electron chi connectivity index (χ4n) is 0.825. The van der Waals surface area contributed by atoms with Crippen molar-refractivity contribution in [3.63, 3.8) is 0 Å². The molecule has 0 saturated carbocycles. The number of carbonyl (C=O) groups is 1. The Morgan fingerprint density at radius 2 is 2.20 bits per heavy atom. The highest BCUT2D eigenvalue weighted by Crippen LogP contribution is 2.05. The molecule has 0 radical (unpaired) electrons. The zero-order valence-corrected chi connectivity index (χ0v) is 6.08. The van der Waals surface area contributed by atoms with Gasteiger partial charge in [0.15, 0.2) is 0 Å². The van der Waals surface area contributed by atoms with Gasteiger partial charge < -0.3 is 16.6 Å². The zero-order chi connectivity index (χ0) is 8.15. The second kappa shape index (κ2) is 4.24. The molecule has 0 aliphatic rings. The molecule has 4 nitrogen and oxygen atoms in total. The van der Waals surface area contributed by atoms with Gasteiger partial charge in [-0.1, -0.05) is 6.92 Å². The van der Waals surface area contributed by atoms with Crippen molar-refractivity contribution in [2.24, 2.45) is 17.4 Å². The quantitative estimate of drug-likeness (QED) is 0.493. The first-order valence-electron chi connectivity index (χ1n) is 3.31. The summed E-state index contributed by atoms with van der Waals surface area (Å²) in [6.45, 7) is 2.01. The zero-order valence-electron chi connectivity index (χ0n) is 6.08. The lowest BCUT2D eigenvalue weighted by atomic mass is 9.98. The van der Waals surface area contributed by atoms with Crippen LogP contribution < -0.4 is 11.5 Å². The molecule has 10 heavy (non-hydrogen) atoms. The molecule has 0 aromatic carbocycles. The number of carboxylic acids is 1. The van der Waals surface area contributed by atoms with Crippen LogP contribution in [0, 0.1) is 5.92 Å². The Balaban J connectivity index is 3.92. The number of carboxylic acid groups (broad SMARTS) is 1. The molecule has 0 aromatic rings. The van der Waals surface area contributed by atoms with E-state index in [9.17, 15) is 4.79 Å². The van der Waals surface area contributed by atoms with Gasteiger partial charge in [0.2, 0.25) is 0 Å². The summed E-state index contributed by atoms with van der Waals surface area (Å²) in [5, 5.41) is 8.54. The average Bonchev–Trinajstić information content (AvgIpc) is 1.88. The Bertz CT molecular complexity index is 116. The minimum Gasteiger partial charge on any atom is -0.481 e. The molecule has 0 saturated heterocycles. The molecular weight excluding hydrogens is 132 g/mol. The summed E-state index contributed by atoms with van der Waals surface area (Å²) in [5.41, 5.74) is 10.6. The van der Waals surface area contributed by atoms with E-state index in [4.69, 9.17) is 16.6 Å². The summed E-state index contributed by atoms with van der Waals surface area (Å²) in [4.78, 5) is 10.4. The van der Waals surface area contributed by atoms with E-state index in [0.717, 1.165) is 0 Å². The van der Waals surface area contributed by atoms with E-state index in [0.29, 0.717) is 6.42 Å². The topological polar surface area (TPSA) is 89.3 Å². The van der Waals surface area contributed by atoms with Crippen molar-refractivity contribution < 1.29 is 9.90 Å². The predicted octanol–water partition coefficient (Wildman–Crippen LogP) is -0.617. The summed E-state index contributed by atoms with van der Waals surface area (Å²) in [7, 11) is 0. The molecular formula is C6H14N2O2. The van der Waals surface area contributed by atoms with Crippen LogP contribution in [0.25, 0.3) is 0 Å². The lowest BCUT2D eigenvalue weighted by Gasteiger charge is -2.15. The van der Waals surface area contributed by atoms with Crippen molar-refractivity contribution in [1.82, 2.24) is 0 Å². The van der Waals surface area contributed by atoms with Crippen LogP contribution in [-0.4, -0.2) is 23.7 Å². The van der Waals surface area contributed by atoms with Crippen LogP contribution in [0.3, 0.4) is 0 Å². The standard InChI is InChI=1S/C6H14N2O2/c1-2-4(6(9)10)5(8)3-7/h4-5H,2-3,7-8H2,1H3,(H,9,10). The van der Waals surface area contributed by atoms with Gasteiger partial charge in [-0.15, -0.1) is 0 Å². The number of aliphatic carboxylic acids is 1. The normalized spacial score (nSPS) is 16.3. The van der Waals surface area contributed by atoms with Crippen molar-refractivity contribution in [2.75, 3.05) is 6.54 Å². The highest BCUT2D eigenvalue weighted by atomic mass is 16.4. The maximum atomic E-state index is 10.4. The van der Waals surface area contributed by atoms with E-state index in [1.54, 1.807) is 6.92 Å². The third-order valence-electron chi connectivity index (χ3n) is 1.55. The van der Waals surface area contributed by atoms with Crippen LogP contribution in [-0.2, 0) is 4.79 Å². The lowest BCUT2D eigenvalue weighted by molar-refractivity contribution is -0.142. The Hall–Kier alpha value is -0.610. The van der Waals surface area contributed by atoms with Gasteiger partial charge in [-0.25, -0.2) is 0 Å². The van der Waals surface area contributed by atoms with Gasteiger partial charge in [0.25, 0.3) is 0 Å². The van der Waals surface area contributed by atoms with Gasteiger partial charge in [-0.3, -0.25) is 4.79 Å². The molecule has 0 bridgehead atoms. The molecule has 2 unspecified atom stereocenters. The third-order valence-corrected chi connectivity index (χ3v) is 1.55. The largest absolute Gasteiger partial charge is 0.481 e. The second-order valence-electron chi connectivity index (χ2n) is 2.25. The molecule has 0 fully saturated rings. The van der Waals surface area contributed by atoms with Crippen LogP contribution in [0.5, 0.6) is 0 Å². The van der Waals surface area contributed by atoms with E-state index < -0.39 is 17.9 Å². The van der Waals surface area contributed by atoms with Crippen molar-refractivity contribution in [3.05, 3.63) is 0 Å². The monoisotopic (exact) mass is 146 g/mol. The number of hydrogen-bond donors (Lipinski definition) is 3. The first-order chi connectivity index (χ1) is 4.63. The molecule has 0 aromatic heterocycles. The van der Waals surface area contributed by atoms with Gasteiger partial charge in [0.1, 0.15) is 0 Å². The SMILES string of the molecule is CCC(C(=O)O)C(N)CN. The van der Waals surface area contributed by atoms with E-state index in [1.165, 1.54) is 0 Å². The van der Waals surface area contributed by atoms with Crippen molar-refractivity contribution in [1.29, 1.82) is 0 Å². The smallest absolute Gasteiger partial charge is 0.308 e. The van der Waals surface area contributed by atoms with Crippen LogP contribution in [0.4, 0.5) is 0 Å². The highest BCUT2D eigenvalue weighted by Gasteiger charge is 2.21. The van der Waals surface area contributed by atoms with Crippen molar-refractivity contribution >= 4 is 5.97 Å². The fraction of sp³-hybridized carbons (Fsp3) is 0.833. The van der Waals surface area contributed by atoms with Gasteiger partial charge in [0.05, 0.1) is 5.92 Å². The maximum absolute atomic E-state index is 10.4. The minimum absolute atomic E-state index is 0.227. The minimum atomic E-state index is -0.861. The van der Waals surface area contributed by atoms with Crippen molar-refractivity contribution in [3.8, 4) is 0 Å². The highest BCUT2D eigenvalue weighted by molar-refractivity contribution is 5.70. The maximum Gasteiger partial charge on any atom is 0.308 e. The molecule has 60 valence electrons. The van der Waals surface area contributed by atoms with E-state index >= 15 is 0 Å². The second-order valence-corrected chi connectivity index (χ2v) is 2.25. The summed E-state index contributed by atoms with van der Waals surface area (Å²) in [6.07, 6.45) is 0.535. The van der Waals surface area contributed by atoms with Crippen molar-refractivity contribution in [2.45, 2.75) is 19.4 Å². The number of hydrogen-bond acceptors (Lipinski definition) is 3. The number of rotatable bonds is 4. The van der Waals surface area contributed by atoms with Gasteiger partial charge in [-0.2, -0.15) is 0 Å². The molecule has 0 spiro atoms. The summed E-state index contributed by atoms with van der Waals surface area (Å²) in [5.74, 6) is -1.36. The summed E-state index contributed by atoms with van der Waals surface area (Å²) in [6, 6.07) is -0.414. The molecule has 5 N–H and O–H groups in total. The van der Waals surface area contributed by atoms with Gasteiger partial charge >= 0.3 is 5.97 Å². The molecule has 0 aliphatic carbocycles. The molecule has 0 amide bonds. The van der Waals surface area contributed by atoms with E-state index in [-0.39, 0.29) is 6.54 Å². The Morgan fingerprint density at radius 1 is 1.70 bits per heavy atom. The predicted molar refractivity (Wildman–Crippen MR) is 38.4 cm³/mol. The fourth-order valence-corrected chi connectivity index (χ4v) is 0.825. The summed E-state index contributed by atoms with van der Waals surface area (Å²) >= 11 is 0. The number of nitrogens with two attached hydrogens (primary N) is 2. The van der Waals surface area contributed by atoms with E-state index in [1.807, 2.05) is 0 Å². The Labute approximate surface area is 60.2 Å². The average molecular weight is 146 g/mol. The van der Waals surface area contributed by atoms with Gasteiger partial charge in [0, 0.05) is 12.6 Å². The molecule has 2 atom stereocenters. The van der Waals surface area contributed by atoms with Crippen LogP contribution in [0.2, 0.25) is 0 Å². The summed E-state index contributed by atoms with van der Waals surface area (Å²) < 4.78 is 0. The molecule has 0 rings (SSSR count). The lowest BCUT2D eigenvalue weighted by Crippen LogP contribution is -2.40. The molecule has 0 aliphatic heterocycles. The third kappa shape index (κ3) is 2.33. The van der Waals surface area contributed by atoms with E-state index in [2.05, 4.69) is 0 Å². The first-order valence-corrected chi connectivity index (χ1v) is 3.31. The molecule has 4 heteroatoms. The Kier molecular flexibility index (Phi) is 3.99. The van der Waals surface area contributed by atoms with Gasteiger partial charge in [-0.05, 0) is 6.42 Å². The molecule has 0 heterocycles. The Morgan fingerprint density at radius 3 is 2.30 bits per heavy atom. The van der Waals surface area contributed by atoms with Crippen LogP contribution >= 0.6 is 0 Å².